The van der Waals surface area contributed by atoms with Gasteiger partial charge in [-0.2, -0.15) is 0 Å². The van der Waals surface area contributed by atoms with Gasteiger partial charge in [-0.05, 0) is 30.7 Å². The molecular weight excluding hydrogens is 361 g/mol. The third-order valence-corrected chi connectivity index (χ3v) is 4.56. The van der Waals surface area contributed by atoms with E-state index in [1.807, 2.05) is 35.2 Å². The molecule has 1 aliphatic heterocycles. The van der Waals surface area contributed by atoms with Crippen LogP contribution in [0.3, 0.4) is 0 Å². The van der Waals surface area contributed by atoms with Crippen LogP contribution in [0.5, 0.6) is 0 Å². The summed E-state index contributed by atoms with van der Waals surface area (Å²) < 4.78 is 19.3. The average molecular weight is 381 g/mol. The van der Waals surface area contributed by atoms with Crippen LogP contribution in [-0.4, -0.2) is 35.1 Å². The molecule has 4 rings (SSSR count). The van der Waals surface area contributed by atoms with Crippen LogP contribution in [0.2, 0.25) is 0 Å². The van der Waals surface area contributed by atoms with Crippen molar-refractivity contribution in [3.8, 4) is 11.5 Å². The number of oxazole rings is 1. The smallest absolute Gasteiger partial charge is 0.315 e. The summed E-state index contributed by atoms with van der Waals surface area (Å²) in [6.45, 7) is 1.42. The molecule has 0 radical (unpaired) electrons. The van der Waals surface area contributed by atoms with Crippen LogP contribution in [0.4, 0.5) is 15.0 Å². The second kappa shape index (κ2) is 8.08. The predicted octanol–water partition coefficient (Wildman–Crippen LogP) is 2.95. The van der Waals surface area contributed by atoms with Crippen LogP contribution in [0.25, 0.3) is 11.5 Å². The molecule has 0 bridgehead atoms. The lowest BCUT2D eigenvalue weighted by Crippen LogP contribution is -2.43. The number of aromatic nitrogens is 2. The molecule has 1 fully saturated rings. The summed E-state index contributed by atoms with van der Waals surface area (Å²) in [5.74, 6) is 0.484. The summed E-state index contributed by atoms with van der Waals surface area (Å²) in [6.07, 6.45) is 3.82. The fraction of sp³-hybridized carbons (Fsp3) is 0.250. The third kappa shape index (κ3) is 4.11. The molecule has 2 N–H and O–H groups in total. The van der Waals surface area contributed by atoms with Crippen molar-refractivity contribution in [3.05, 3.63) is 66.4 Å². The van der Waals surface area contributed by atoms with Crippen molar-refractivity contribution < 1.29 is 13.6 Å². The lowest BCUT2D eigenvalue weighted by Gasteiger charge is -2.18. The van der Waals surface area contributed by atoms with Gasteiger partial charge in [0, 0.05) is 30.9 Å². The molecule has 3 heterocycles. The van der Waals surface area contributed by atoms with E-state index < -0.39 is 0 Å². The van der Waals surface area contributed by atoms with Gasteiger partial charge in [-0.1, -0.05) is 18.2 Å². The molecule has 3 aromatic rings. The number of nitrogens with one attached hydrogen (secondary N) is 2. The second-order valence-electron chi connectivity index (χ2n) is 6.58. The van der Waals surface area contributed by atoms with E-state index in [1.165, 1.54) is 12.3 Å². The van der Waals surface area contributed by atoms with Gasteiger partial charge < -0.3 is 20.0 Å². The van der Waals surface area contributed by atoms with Gasteiger partial charge in [0.1, 0.15) is 6.26 Å². The maximum atomic E-state index is 13.8. The minimum Gasteiger partial charge on any atom is -0.444 e. The van der Waals surface area contributed by atoms with Crippen molar-refractivity contribution in [2.45, 2.75) is 19.0 Å². The highest BCUT2D eigenvalue weighted by Crippen LogP contribution is 2.21. The van der Waals surface area contributed by atoms with Crippen molar-refractivity contribution in [2.75, 3.05) is 18.0 Å². The van der Waals surface area contributed by atoms with Crippen LogP contribution < -0.4 is 15.5 Å². The van der Waals surface area contributed by atoms with Crippen molar-refractivity contribution in [2.24, 2.45) is 0 Å². The van der Waals surface area contributed by atoms with E-state index >= 15 is 0 Å². The summed E-state index contributed by atoms with van der Waals surface area (Å²) in [5, 5.41) is 5.68. The first-order valence-corrected chi connectivity index (χ1v) is 9.08. The van der Waals surface area contributed by atoms with Gasteiger partial charge in [-0.3, -0.25) is 0 Å². The Morgan fingerprint density at radius 1 is 1.25 bits per heavy atom. The molecule has 28 heavy (non-hydrogen) atoms. The van der Waals surface area contributed by atoms with E-state index in [0.29, 0.717) is 30.5 Å². The zero-order chi connectivity index (χ0) is 19.3. The number of benzene rings is 1. The Bertz CT molecular complexity index is 947. The number of hydrogen-bond donors (Lipinski definition) is 2. The number of urea groups is 1. The molecule has 8 heteroatoms. The standard InChI is InChI=1S/C20H20FN5O2/c21-17-7-4-9-22-18(17)26-10-8-15(12-26)25-20(27)23-11-16-13-28-19(24-16)14-5-2-1-3-6-14/h1-7,9,13,15H,8,10-12H2,(H2,23,25,27). The Labute approximate surface area is 161 Å². The zero-order valence-corrected chi connectivity index (χ0v) is 15.1. The van der Waals surface area contributed by atoms with Crippen LogP contribution in [0, 0.1) is 5.82 Å². The van der Waals surface area contributed by atoms with Crippen molar-refractivity contribution in [3.63, 3.8) is 0 Å². The van der Waals surface area contributed by atoms with Crippen molar-refractivity contribution in [1.82, 2.24) is 20.6 Å². The molecule has 0 aliphatic carbocycles. The molecule has 1 atom stereocenters. The highest BCUT2D eigenvalue weighted by Gasteiger charge is 2.26. The van der Waals surface area contributed by atoms with Gasteiger partial charge >= 0.3 is 6.03 Å². The molecule has 7 nitrogen and oxygen atoms in total. The van der Waals surface area contributed by atoms with Crippen LogP contribution in [0.15, 0.2) is 59.3 Å². The van der Waals surface area contributed by atoms with Gasteiger partial charge in [0.25, 0.3) is 0 Å². The molecule has 1 unspecified atom stereocenters. The maximum absolute atomic E-state index is 13.8. The summed E-state index contributed by atoms with van der Waals surface area (Å²) in [4.78, 5) is 22.5. The minimum absolute atomic E-state index is 0.0707. The summed E-state index contributed by atoms with van der Waals surface area (Å²) in [5.41, 5.74) is 1.52. The van der Waals surface area contributed by atoms with Crippen molar-refractivity contribution >= 4 is 11.8 Å². The Balaban J connectivity index is 1.26. The molecular formula is C20H20FN5O2. The Kier molecular flexibility index (Phi) is 5.18. The van der Waals surface area contributed by atoms with E-state index in [4.69, 9.17) is 4.42 Å². The summed E-state index contributed by atoms with van der Waals surface area (Å²) >= 11 is 0. The molecule has 1 aromatic carbocycles. The first kappa shape index (κ1) is 18.0. The first-order chi connectivity index (χ1) is 13.7. The van der Waals surface area contributed by atoms with Crippen LogP contribution in [-0.2, 0) is 6.54 Å². The number of nitrogens with zero attached hydrogens (tertiary/aromatic N) is 3. The predicted molar refractivity (Wildman–Crippen MR) is 102 cm³/mol. The Morgan fingerprint density at radius 2 is 2.11 bits per heavy atom. The molecule has 0 saturated carbocycles. The second-order valence-corrected chi connectivity index (χ2v) is 6.58. The third-order valence-electron chi connectivity index (χ3n) is 4.56. The lowest BCUT2D eigenvalue weighted by atomic mass is 10.2. The number of halogens is 1. The number of amides is 2. The zero-order valence-electron chi connectivity index (χ0n) is 15.1. The lowest BCUT2D eigenvalue weighted by molar-refractivity contribution is 0.237. The first-order valence-electron chi connectivity index (χ1n) is 9.08. The number of hydrogen-bond acceptors (Lipinski definition) is 5. The van der Waals surface area contributed by atoms with Crippen molar-refractivity contribution in [1.29, 1.82) is 0 Å². The molecule has 2 aromatic heterocycles. The van der Waals surface area contributed by atoms with Crippen LogP contribution >= 0.6 is 0 Å². The molecule has 0 spiro atoms. The summed E-state index contributed by atoms with van der Waals surface area (Å²) in [6, 6.07) is 12.1. The van der Waals surface area contributed by atoms with E-state index in [1.54, 1.807) is 12.3 Å². The number of carbonyl (C=O) groups is 1. The van der Waals surface area contributed by atoms with E-state index in [-0.39, 0.29) is 24.4 Å². The molecule has 144 valence electrons. The van der Waals surface area contributed by atoms with Gasteiger partial charge in [0.15, 0.2) is 11.6 Å². The highest BCUT2D eigenvalue weighted by molar-refractivity contribution is 5.74. The number of anilines is 1. The highest BCUT2D eigenvalue weighted by atomic mass is 19.1. The normalized spacial score (nSPS) is 16.2. The topological polar surface area (TPSA) is 83.3 Å². The van der Waals surface area contributed by atoms with Gasteiger partial charge in [0.2, 0.25) is 5.89 Å². The number of carbonyl (C=O) groups excluding carboxylic acids is 1. The van der Waals surface area contributed by atoms with Gasteiger partial charge in [-0.15, -0.1) is 0 Å². The number of rotatable bonds is 5. The average Bonchev–Trinajstić information content (AvgIpc) is 3.37. The fourth-order valence-electron chi connectivity index (χ4n) is 3.19. The molecule has 1 saturated heterocycles. The molecule has 1 aliphatic rings. The molecule has 2 amide bonds. The monoisotopic (exact) mass is 381 g/mol. The maximum Gasteiger partial charge on any atom is 0.315 e. The summed E-state index contributed by atoms with van der Waals surface area (Å²) in [7, 11) is 0. The van der Waals surface area contributed by atoms with E-state index in [2.05, 4.69) is 20.6 Å². The van der Waals surface area contributed by atoms with E-state index in [0.717, 1.165) is 12.0 Å². The Morgan fingerprint density at radius 3 is 2.93 bits per heavy atom. The largest absolute Gasteiger partial charge is 0.444 e. The van der Waals surface area contributed by atoms with Crippen LogP contribution in [0.1, 0.15) is 12.1 Å². The van der Waals surface area contributed by atoms with E-state index in [9.17, 15) is 9.18 Å². The number of pyridine rings is 1. The Hall–Kier alpha value is -3.42. The minimum atomic E-state index is -0.354. The van der Waals surface area contributed by atoms with Gasteiger partial charge in [-0.25, -0.2) is 19.2 Å². The SMILES string of the molecule is O=C(NCc1coc(-c2ccccc2)n1)NC1CCN(c2ncccc2F)C1. The van der Waals surface area contributed by atoms with Gasteiger partial charge in [0.05, 0.1) is 12.2 Å². The fourth-order valence-corrected chi connectivity index (χ4v) is 3.19. The quantitative estimate of drug-likeness (QED) is 0.710.